The molecule has 0 unspecified atom stereocenters. The van der Waals surface area contributed by atoms with Gasteiger partial charge in [0.15, 0.2) is 5.69 Å². The zero-order valence-electron chi connectivity index (χ0n) is 9.52. The highest BCUT2D eigenvalue weighted by Gasteiger charge is 2.15. The summed E-state index contributed by atoms with van der Waals surface area (Å²) < 4.78 is 1.51. The molecule has 4 nitrogen and oxygen atoms in total. The second kappa shape index (κ2) is 5.00. The number of nitrogens with zero attached hydrogens (tertiary/aromatic N) is 2. The summed E-state index contributed by atoms with van der Waals surface area (Å²) in [5, 5.41) is 13.7. The number of hydrogen-bond donors (Lipinski definition) is 1. The van der Waals surface area contributed by atoms with E-state index in [9.17, 15) is 4.79 Å². The molecule has 0 saturated heterocycles. The first kappa shape index (κ1) is 12.9. The molecule has 1 N–H and O–H groups in total. The first-order valence-electron chi connectivity index (χ1n) is 5.31. The van der Waals surface area contributed by atoms with Gasteiger partial charge in [-0.25, -0.2) is 9.48 Å². The van der Waals surface area contributed by atoms with Crippen LogP contribution in [0.5, 0.6) is 0 Å². The lowest BCUT2D eigenvalue weighted by molar-refractivity contribution is 0.0690. The second-order valence-electron chi connectivity index (χ2n) is 3.66. The molecule has 0 radical (unpaired) electrons. The zero-order chi connectivity index (χ0) is 13.3. The Kier molecular flexibility index (Phi) is 3.59. The number of carbonyl (C=O) groups is 1. The number of carboxylic acid groups (broad SMARTS) is 1. The van der Waals surface area contributed by atoms with Gasteiger partial charge in [-0.15, -0.1) is 0 Å². The van der Waals surface area contributed by atoms with Gasteiger partial charge >= 0.3 is 5.97 Å². The Hall–Kier alpha value is -1.52. The van der Waals surface area contributed by atoms with Crippen molar-refractivity contribution < 1.29 is 9.90 Å². The fourth-order valence-electron chi connectivity index (χ4n) is 1.64. The number of halogens is 2. The molecular formula is C12H10Cl2N2O2. The average Bonchev–Trinajstić information content (AvgIpc) is 2.76. The number of aryl methyl sites for hydroxylation is 1. The number of aromatic nitrogens is 2. The van der Waals surface area contributed by atoms with Crippen molar-refractivity contribution in [1.29, 1.82) is 0 Å². The van der Waals surface area contributed by atoms with Crippen molar-refractivity contribution in [2.24, 2.45) is 0 Å². The Morgan fingerprint density at radius 3 is 2.78 bits per heavy atom. The zero-order valence-corrected chi connectivity index (χ0v) is 11.0. The maximum absolute atomic E-state index is 10.9. The monoisotopic (exact) mass is 284 g/mol. The molecular weight excluding hydrogens is 275 g/mol. The molecule has 0 bridgehead atoms. The Morgan fingerprint density at radius 1 is 1.44 bits per heavy atom. The molecule has 6 heteroatoms. The molecule has 2 rings (SSSR count). The standard InChI is InChI=1S/C12H10Cl2N2O2/c1-2-7-6-9(12(17)18)15-16(7)10-5-3-4-8(13)11(10)14/h3-6H,2H2,1H3,(H,17,18). The number of carboxylic acids is 1. The summed E-state index contributed by atoms with van der Waals surface area (Å²) in [4.78, 5) is 10.9. The molecule has 2 aromatic rings. The lowest BCUT2D eigenvalue weighted by Crippen LogP contribution is -2.04. The van der Waals surface area contributed by atoms with Crippen molar-refractivity contribution in [3.63, 3.8) is 0 Å². The fraction of sp³-hybridized carbons (Fsp3) is 0.167. The summed E-state index contributed by atoms with van der Waals surface area (Å²) in [7, 11) is 0. The molecule has 0 saturated carbocycles. The third kappa shape index (κ3) is 2.21. The van der Waals surface area contributed by atoms with Crippen molar-refractivity contribution in [2.45, 2.75) is 13.3 Å². The van der Waals surface area contributed by atoms with Gasteiger partial charge in [0.05, 0.1) is 15.7 Å². The number of aromatic carboxylic acids is 1. The van der Waals surface area contributed by atoms with Crippen LogP contribution in [-0.4, -0.2) is 20.9 Å². The van der Waals surface area contributed by atoms with E-state index in [-0.39, 0.29) is 5.69 Å². The van der Waals surface area contributed by atoms with Crippen LogP contribution in [0, 0.1) is 0 Å². The first-order valence-corrected chi connectivity index (χ1v) is 6.06. The minimum atomic E-state index is -1.07. The normalized spacial score (nSPS) is 10.6. The number of benzene rings is 1. The smallest absolute Gasteiger partial charge is 0.356 e. The quantitative estimate of drug-likeness (QED) is 0.939. The molecule has 94 valence electrons. The molecule has 0 amide bonds. The van der Waals surface area contributed by atoms with Gasteiger partial charge < -0.3 is 5.11 Å². The summed E-state index contributed by atoms with van der Waals surface area (Å²) >= 11 is 12.0. The SMILES string of the molecule is CCc1cc(C(=O)O)nn1-c1cccc(Cl)c1Cl. The van der Waals surface area contributed by atoms with Gasteiger partial charge in [-0.05, 0) is 24.6 Å². The maximum Gasteiger partial charge on any atom is 0.356 e. The largest absolute Gasteiger partial charge is 0.476 e. The van der Waals surface area contributed by atoms with E-state index in [1.807, 2.05) is 6.92 Å². The Balaban J connectivity index is 2.63. The third-order valence-corrected chi connectivity index (χ3v) is 3.33. The van der Waals surface area contributed by atoms with Gasteiger partial charge in [0.2, 0.25) is 0 Å². The second-order valence-corrected chi connectivity index (χ2v) is 4.45. The molecule has 0 aliphatic heterocycles. The van der Waals surface area contributed by atoms with Gasteiger partial charge in [-0.3, -0.25) is 0 Å². The van der Waals surface area contributed by atoms with E-state index in [0.717, 1.165) is 5.69 Å². The van der Waals surface area contributed by atoms with Crippen molar-refractivity contribution >= 4 is 29.2 Å². The highest BCUT2D eigenvalue weighted by Crippen LogP contribution is 2.29. The molecule has 1 heterocycles. The van der Waals surface area contributed by atoms with Gasteiger partial charge in [-0.2, -0.15) is 5.10 Å². The lowest BCUT2D eigenvalue weighted by Gasteiger charge is -2.08. The predicted octanol–water partition coefficient (Wildman–Crippen LogP) is 3.44. The van der Waals surface area contributed by atoms with Crippen molar-refractivity contribution in [3.8, 4) is 5.69 Å². The molecule has 0 aliphatic carbocycles. The van der Waals surface area contributed by atoms with Crippen LogP contribution in [0.1, 0.15) is 23.1 Å². The third-order valence-electron chi connectivity index (χ3n) is 2.52. The van der Waals surface area contributed by atoms with E-state index >= 15 is 0 Å². The molecule has 18 heavy (non-hydrogen) atoms. The minimum Gasteiger partial charge on any atom is -0.476 e. The van der Waals surface area contributed by atoms with Crippen LogP contribution in [0.15, 0.2) is 24.3 Å². The summed E-state index contributed by atoms with van der Waals surface area (Å²) in [6.45, 7) is 1.91. The Labute approximate surface area is 114 Å². The maximum atomic E-state index is 10.9. The van der Waals surface area contributed by atoms with E-state index in [4.69, 9.17) is 28.3 Å². The van der Waals surface area contributed by atoms with Gasteiger partial charge in [0, 0.05) is 5.69 Å². The average molecular weight is 285 g/mol. The fourth-order valence-corrected chi connectivity index (χ4v) is 2.02. The van der Waals surface area contributed by atoms with Crippen LogP contribution in [0.25, 0.3) is 5.69 Å². The van der Waals surface area contributed by atoms with Gasteiger partial charge in [-0.1, -0.05) is 36.2 Å². The number of rotatable bonds is 3. The van der Waals surface area contributed by atoms with E-state index in [0.29, 0.717) is 22.2 Å². The van der Waals surface area contributed by atoms with Crippen LogP contribution in [-0.2, 0) is 6.42 Å². The van der Waals surface area contributed by atoms with E-state index < -0.39 is 5.97 Å². The summed E-state index contributed by atoms with van der Waals surface area (Å²) in [6, 6.07) is 6.68. The van der Waals surface area contributed by atoms with E-state index in [1.165, 1.54) is 10.7 Å². The summed E-state index contributed by atoms with van der Waals surface area (Å²) in [5.41, 5.74) is 1.33. The number of hydrogen-bond acceptors (Lipinski definition) is 2. The molecule has 1 aromatic carbocycles. The van der Waals surface area contributed by atoms with E-state index in [1.54, 1.807) is 18.2 Å². The molecule has 0 spiro atoms. The predicted molar refractivity (Wildman–Crippen MR) is 69.9 cm³/mol. The molecule has 0 aliphatic rings. The van der Waals surface area contributed by atoms with Gasteiger partial charge in [0.25, 0.3) is 0 Å². The van der Waals surface area contributed by atoms with E-state index in [2.05, 4.69) is 5.10 Å². The van der Waals surface area contributed by atoms with Crippen LogP contribution >= 0.6 is 23.2 Å². The van der Waals surface area contributed by atoms with Gasteiger partial charge in [0.1, 0.15) is 0 Å². The van der Waals surface area contributed by atoms with Crippen LogP contribution in [0.4, 0.5) is 0 Å². The highest BCUT2D eigenvalue weighted by molar-refractivity contribution is 6.43. The summed E-state index contributed by atoms with van der Waals surface area (Å²) in [5.74, 6) is -1.07. The minimum absolute atomic E-state index is 0.0112. The lowest BCUT2D eigenvalue weighted by atomic mass is 10.2. The molecule has 0 fully saturated rings. The topological polar surface area (TPSA) is 55.1 Å². The molecule has 0 atom stereocenters. The Bertz CT molecular complexity index is 608. The van der Waals surface area contributed by atoms with Crippen molar-refractivity contribution in [3.05, 3.63) is 45.7 Å². The van der Waals surface area contributed by atoms with Crippen molar-refractivity contribution in [1.82, 2.24) is 9.78 Å². The summed E-state index contributed by atoms with van der Waals surface area (Å²) in [6.07, 6.45) is 0.642. The first-order chi connectivity index (χ1) is 8.54. The highest BCUT2D eigenvalue weighted by atomic mass is 35.5. The van der Waals surface area contributed by atoms with Crippen LogP contribution in [0.3, 0.4) is 0 Å². The van der Waals surface area contributed by atoms with Crippen LogP contribution < -0.4 is 0 Å². The van der Waals surface area contributed by atoms with Crippen molar-refractivity contribution in [2.75, 3.05) is 0 Å². The van der Waals surface area contributed by atoms with Crippen LogP contribution in [0.2, 0.25) is 10.0 Å². The Morgan fingerprint density at radius 2 is 2.17 bits per heavy atom. The molecule has 1 aromatic heterocycles.